The van der Waals surface area contributed by atoms with Gasteiger partial charge in [-0.15, -0.1) is 11.3 Å². The van der Waals surface area contributed by atoms with Crippen LogP contribution < -0.4 is 4.74 Å². The minimum Gasteiger partial charge on any atom is -0.493 e. The summed E-state index contributed by atoms with van der Waals surface area (Å²) in [6.45, 7) is 5.85. The number of carbonyl (C=O) groups is 1. The van der Waals surface area contributed by atoms with Crippen molar-refractivity contribution in [2.75, 3.05) is 26.7 Å². The predicted octanol–water partition coefficient (Wildman–Crippen LogP) is 4.61. The fraction of sp³-hybridized carbons (Fsp3) is 0.417. The van der Waals surface area contributed by atoms with E-state index in [1.807, 2.05) is 42.2 Å². The van der Waals surface area contributed by atoms with Crippen LogP contribution in [0, 0.1) is 12.8 Å². The van der Waals surface area contributed by atoms with Gasteiger partial charge in [0.25, 0.3) is 5.91 Å². The standard InChI is InChI=1S/C24H29N3O3S/c1-18-5-10-23(31-18)24(28)27-12-3-4-20(15-27)17-29-22-8-6-19(7-9-22)14-26(2)16-21-11-13-30-25-21/h5-11,13,20H,3-4,12,14-17H2,1-2H3/t20-/m1/s1. The Morgan fingerprint density at radius 3 is 2.77 bits per heavy atom. The first kappa shape index (κ1) is 21.6. The summed E-state index contributed by atoms with van der Waals surface area (Å²) in [6, 6.07) is 14.1. The molecule has 0 unspecified atom stereocenters. The van der Waals surface area contributed by atoms with Crippen LogP contribution in [0.15, 0.2) is 53.3 Å². The maximum absolute atomic E-state index is 12.7. The van der Waals surface area contributed by atoms with Gasteiger partial charge in [0, 0.05) is 43.0 Å². The number of thiophene rings is 1. The van der Waals surface area contributed by atoms with Crippen LogP contribution >= 0.6 is 11.3 Å². The smallest absolute Gasteiger partial charge is 0.263 e. The minimum atomic E-state index is 0.155. The Labute approximate surface area is 187 Å². The lowest BCUT2D eigenvalue weighted by molar-refractivity contribution is 0.0638. The first-order valence-electron chi connectivity index (χ1n) is 10.7. The lowest BCUT2D eigenvalue weighted by atomic mass is 9.99. The third-order valence-corrected chi connectivity index (χ3v) is 6.53. The second-order valence-electron chi connectivity index (χ2n) is 8.29. The van der Waals surface area contributed by atoms with Crippen molar-refractivity contribution in [2.24, 2.45) is 5.92 Å². The highest BCUT2D eigenvalue weighted by molar-refractivity contribution is 7.13. The van der Waals surface area contributed by atoms with Crippen molar-refractivity contribution in [3.63, 3.8) is 0 Å². The van der Waals surface area contributed by atoms with Crippen molar-refractivity contribution in [3.05, 3.63) is 69.7 Å². The van der Waals surface area contributed by atoms with Gasteiger partial charge in [-0.3, -0.25) is 9.69 Å². The third kappa shape index (κ3) is 5.95. The number of piperidine rings is 1. The topological polar surface area (TPSA) is 58.8 Å². The summed E-state index contributed by atoms with van der Waals surface area (Å²) in [6.07, 6.45) is 3.72. The fourth-order valence-corrected chi connectivity index (χ4v) is 4.79. The Hall–Kier alpha value is -2.64. The quantitative estimate of drug-likeness (QED) is 0.513. The van der Waals surface area contributed by atoms with E-state index in [4.69, 9.17) is 9.26 Å². The molecule has 6 nitrogen and oxygen atoms in total. The Bertz CT molecular complexity index is 968. The monoisotopic (exact) mass is 439 g/mol. The Balaban J connectivity index is 1.24. The van der Waals surface area contributed by atoms with E-state index in [0.29, 0.717) is 12.5 Å². The molecule has 0 saturated carbocycles. The van der Waals surface area contributed by atoms with Crippen LogP contribution in [0.5, 0.6) is 5.75 Å². The Morgan fingerprint density at radius 1 is 1.23 bits per heavy atom. The zero-order chi connectivity index (χ0) is 21.6. The highest BCUT2D eigenvalue weighted by atomic mass is 32.1. The predicted molar refractivity (Wildman–Crippen MR) is 121 cm³/mol. The molecule has 3 aromatic rings. The van der Waals surface area contributed by atoms with Crippen LogP contribution in [0.2, 0.25) is 0 Å². The molecule has 1 amide bonds. The van der Waals surface area contributed by atoms with Gasteiger partial charge in [-0.05, 0) is 56.6 Å². The molecular weight excluding hydrogens is 410 g/mol. The average Bonchev–Trinajstić information content (AvgIpc) is 3.44. The molecule has 164 valence electrons. The van der Waals surface area contributed by atoms with Gasteiger partial charge in [0.2, 0.25) is 0 Å². The summed E-state index contributed by atoms with van der Waals surface area (Å²) in [5, 5.41) is 3.95. The SMILES string of the molecule is Cc1ccc(C(=O)N2CCC[C@@H](COc3ccc(CN(C)Cc4ccon4)cc3)C2)s1. The summed E-state index contributed by atoms with van der Waals surface area (Å²) < 4.78 is 10.9. The summed E-state index contributed by atoms with van der Waals surface area (Å²) in [5.41, 5.74) is 2.15. The van der Waals surface area contributed by atoms with Gasteiger partial charge in [-0.1, -0.05) is 17.3 Å². The molecule has 0 N–H and O–H groups in total. The average molecular weight is 440 g/mol. The van der Waals surface area contributed by atoms with Gasteiger partial charge in [-0.2, -0.15) is 0 Å². The molecule has 2 aromatic heterocycles. The fourth-order valence-electron chi connectivity index (χ4n) is 3.96. The summed E-state index contributed by atoms with van der Waals surface area (Å²) in [5.74, 6) is 1.40. The number of carbonyl (C=O) groups excluding carboxylic acids is 1. The van der Waals surface area contributed by atoms with Crippen LogP contribution in [0.25, 0.3) is 0 Å². The van der Waals surface area contributed by atoms with E-state index in [-0.39, 0.29) is 5.91 Å². The normalized spacial score (nSPS) is 16.6. The number of likely N-dealkylation sites (tertiary alicyclic amines) is 1. The van der Waals surface area contributed by atoms with E-state index >= 15 is 0 Å². The number of amides is 1. The molecule has 1 atom stereocenters. The van der Waals surface area contributed by atoms with Crippen molar-refractivity contribution in [2.45, 2.75) is 32.9 Å². The van der Waals surface area contributed by atoms with Gasteiger partial charge in [0.05, 0.1) is 17.2 Å². The maximum Gasteiger partial charge on any atom is 0.263 e. The van der Waals surface area contributed by atoms with Crippen LogP contribution in [-0.2, 0) is 13.1 Å². The van der Waals surface area contributed by atoms with Crippen molar-refractivity contribution in [1.29, 1.82) is 0 Å². The molecule has 4 rings (SSSR count). The highest BCUT2D eigenvalue weighted by Gasteiger charge is 2.25. The maximum atomic E-state index is 12.7. The van der Waals surface area contributed by atoms with E-state index in [1.165, 1.54) is 10.4 Å². The number of benzene rings is 1. The van der Waals surface area contributed by atoms with Crippen LogP contribution in [0.3, 0.4) is 0 Å². The van der Waals surface area contributed by atoms with E-state index in [9.17, 15) is 4.79 Å². The summed E-state index contributed by atoms with van der Waals surface area (Å²) in [7, 11) is 2.06. The van der Waals surface area contributed by atoms with Gasteiger partial charge in [0.15, 0.2) is 0 Å². The van der Waals surface area contributed by atoms with E-state index in [2.05, 4.69) is 29.2 Å². The van der Waals surface area contributed by atoms with Gasteiger partial charge in [-0.25, -0.2) is 0 Å². The molecule has 31 heavy (non-hydrogen) atoms. The zero-order valence-electron chi connectivity index (χ0n) is 18.1. The molecule has 1 saturated heterocycles. The first-order valence-corrected chi connectivity index (χ1v) is 11.5. The zero-order valence-corrected chi connectivity index (χ0v) is 18.9. The highest BCUT2D eigenvalue weighted by Crippen LogP contribution is 2.23. The number of aryl methyl sites for hydroxylation is 1. The largest absolute Gasteiger partial charge is 0.493 e. The summed E-state index contributed by atoms with van der Waals surface area (Å²) >= 11 is 1.57. The third-order valence-electron chi connectivity index (χ3n) is 5.54. The number of hydrogen-bond donors (Lipinski definition) is 0. The Morgan fingerprint density at radius 2 is 2.06 bits per heavy atom. The van der Waals surface area contributed by atoms with Gasteiger partial charge >= 0.3 is 0 Å². The number of nitrogens with zero attached hydrogens (tertiary/aromatic N) is 3. The van der Waals surface area contributed by atoms with Crippen LogP contribution in [0.4, 0.5) is 0 Å². The van der Waals surface area contributed by atoms with Crippen molar-refractivity contribution < 1.29 is 14.1 Å². The lowest BCUT2D eigenvalue weighted by Crippen LogP contribution is -2.41. The molecule has 7 heteroatoms. The Kier molecular flexibility index (Phi) is 7.04. The summed E-state index contributed by atoms with van der Waals surface area (Å²) in [4.78, 5) is 18.9. The number of aromatic nitrogens is 1. The van der Waals surface area contributed by atoms with Crippen molar-refractivity contribution in [1.82, 2.24) is 15.0 Å². The molecule has 0 aliphatic carbocycles. The minimum absolute atomic E-state index is 0.155. The molecule has 0 spiro atoms. The van der Waals surface area contributed by atoms with Crippen molar-refractivity contribution >= 4 is 17.2 Å². The molecular formula is C24H29N3O3S. The van der Waals surface area contributed by atoms with Gasteiger partial charge in [0.1, 0.15) is 12.0 Å². The molecule has 1 fully saturated rings. The van der Waals surface area contributed by atoms with Crippen LogP contribution in [-0.4, -0.2) is 47.6 Å². The van der Waals surface area contributed by atoms with E-state index < -0.39 is 0 Å². The molecule has 0 radical (unpaired) electrons. The molecule has 1 aliphatic rings. The second kappa shape index (κ2) is 10.1. The molecule has 1 aromatic carbocycles. The van der Waals surface area contributed by atoms with Crippen LogP contribution in [0.1, 0.15) is 38.6 Å². The molecule has 0 bridgehead atoms. The molecule has 1 aliphatic heterocycles. The van der Waals surface area contributed by atoms with Gasteiger partial charge < -0.3 is 14.2 Å². The first-order chi connectivity index (χ1) is 15.1. The van der Waals surface area contributed by atoms with E-state index in [1.54, 1.807) is 17.6 Å². The molecule has 3 heterocycles. The number of ether oxygens (including phenoxy) is 1. The van der Waals surface area contributed by atoms with E-state index in [0.717, 1.165) is 55.3 Å². The lowest BCUT2D eigenvalue weighted by Gasteiger charge is -2.32. The number of rotatable bonds is 8. The number of hydrogen-bond acceptors (Lipinski definition) is 6. The second-order valence-corrected chi connectivity index (χ2v) is 9.58. The van der Waals surface area contributed by atoms with Crippen molar-refractivity contribution in [3.8, 4) is 5.75 Å².